The van der Waals surface area contributed by atoms with Gasteiger partial charge in [-0.3, -0.25) is 9.69 Å². The highest BCUT2D eigenvalue weighted by Gasteiger charge is 2.36. The van der Waals surface area contributed by atoms with E-state index in [1.807, 2.05) is 13.1 Å². The first-order valence-electron chi connectivity index (χ1n) is 8.64. The van der Waals surface area contributed by atoms with Gasteiger partial charge >= 0.3 is 0 Å². The first-order valence-corrected chi connectivity index (χ1v) is 9.02. The van der Waals surface area contributed by atoms with E-state index in [-0.39, 0.29) is 28.9 Å². The third kappa shape index (κ3) is 3.73. The van der Waals surface area contributed by atoms with Gasteiger partial charge in [0, 0.05) is 24.5 Å². The van der Waals surface area contributed by atoms with Gasteiger partial charge in [-0.15, -0.1) is 0 Å². The number of rotatable bonds is 3. The summed E-state index contributed by atoms with van der Waals surface area (Å²) in [5.74, 6) is -0.218. The Morgan fingerprint density at radius 1 is 1.42 bits per heavy atom. The molecule has 0 aliphatic carbocycles. The molecule has 1 aromatic carbocycles. The monoisotopic (exact) mass is 353 g/mol. The minimum atomic E-state index is -0.410. The maximum atomic E-state index is 13.8. The van der Waals surface area contributed by atoms with Gasteiger partial charge in [-0.05, 0) is 57.5 Å². The smallest absolute Gasteiger partial charge is 0.223 e. The highest BCUT2D eigenvalue weighted by molar-refractivity contribution is 6.30. The molecule has 6 heteroatoms. The van der Waals surface area contributed by atoms with Gasteiger partial charge in [0.2, 0.25) is 5.91 Å². The van der Waals surface area contributed by atoms with Crippen LogP contribution in [0.25, 0.3) is 0 Å². The van der Waals surface area contributed by atoms with Crippen LogP contribution in [-0.2, 0) is 4.79 Å². The Morgan fingerprint density at radius 3 is 2.92 bits per heavy atom. The molecule has 2 N–H and O–H groups in total. The molecule has 2 aliphatic rings. The average molecular weight is 354 g/mol. The number of likely N-dealkylation sites (tertiary alicyclic amines) is 1. The van der Waals surface area contributed by atoms with Crippen LogP contribution >= 0.6 is 11.6 Å². The Bertz CT molecular complexity index is 612. The van der Waals surface area contributed by atoms with Crippen LogP contribution in [0.3, 0.4) is 0 Å². The molecular weight excluding hydrogens is 329 g/mol. The molecule has 4 atom stereocenters. The molecule has 132 valence electrons. The molecule has 2 unspecified atom stereocenters. The molecule has 24 heavy (non-hydrogen) atoms. The van der Waals surface area contributed by atoms with Crippen LogP contribution in [0.5, 0.6) is 0 Å². The topological polar surface area (TPSA) is 44.4 Å². The lowest BCUT2D eigenvalue weighted by molar-refractivity contribution is -0.127. The lowest BCUT2D eigenvalue weighted by Crippen LogP contribution is -2.46. The van der Waals surface area contributed by atoms with Gasteiger partial charge in [-0.2, -0.15) is 0 Å². The Balaban J connectivity index is 1.72. The number of nitrogens with zero attached hydrogens (tertiary/aromatic N) is 1. The largest absolute Gasteiger partial charge is 0.351 e. The normalized spacial score (nSPS) is 31.2. The number of likely N-dealkylation sites (N-methyl/N-ethyl adjacent to an activating group) is 1. The summed E-state index contributed by atoms with van der Waals surface area (Å²) in [5, 5.41) is 6.72. The van der Waals surface area contributed by atoms with Crippen LogP contribution in [-0.4, -0.2) is 43.0 Å². The van der Waals surface area contributed by atoms with Crippen molar-refractivity contribution >= 4 is 17.5 Å². The van der Waals surface area contributed by atoms with Gasteiger partial charge in [-0.1, -0.05) is 17.7 Å². The molecule has 2 aliphatic heterocycles. The second-order valence-electron chi connectivity index (χ2n) is 7.08. The van der Waals surface area contributed by atoms with Crippen molar-refractivity contribution in [2.24, 2.45) is 5.92 Å². The van der Waals surface area contributed by atoms with E-state index >= 15 is 0 Å². The number of carbonyl (C=O) groups is 1. The molecule has 0 radical (unpaired) electrons. The minimum Gasteiger partial charge on any atom is -0.351 e. The van der Waals surface area contributed by atoms with Crippen molar-refractivity contribution in [1.29, 1.82) is 0 Å². The van der Waals surface area contributed by atoms with Crippen LogP contribution in [0.1, 0.15) is 37.8 Å². The van der Waals surface area contributed by atoms with E-state index in [1.165, 1.54) is 6.07 Å². The Kier molecular flexibility index (Phi) is 5.42. The van der Waals surface area contributed by atoms with Crippen LogP contribution in [0.15, 0.2) is 18.2 Å². The molecule has 0 saturated carbocycles. The van der Waals surface area contributed by atoms with Crippen molar-refractivity contribution in [1.82, 2.24) is 15.5 Å². The van der Waals surface area contributed by atoms with Gasteiger partial charge in [0.15, 0.2) is 0 Å². The SMILES string of the molecule is C[C@H]1C[C@@H](C(=O)NC2CCN(C)C2c2ccc(Cl)c(F)c2)CCN1. The standard InChI is InChI=1S/C18H25ClFN3O/c1-11-9-13(5-7-21-11)18(24)22-16-6-8-23(2)17(16)12-3-4-14(19)15(20)10-12/h3-4,10-11,13,16-17,21H,5-9H2,1-2H3,(H,22,24)/t11-,13-,16?,17?/m0/s1. The number of benzene rings is 1. The molecule has 2 saturated heterocycles. The molecule has 0 bridgehead atoms. The van der Waals surface area contributed by atoms with Gasteiger partial charge < -0.3 is 10.6 Å². The summed E-state index contributed by atoms with van der Waals surface area (Å²) in [6.45, 7) is 3.88. The fourth-order valence-electron chi connectivity index (χ4n) is 3.95. The van der Waals surface area contributed by atoms with Gasteiger partial charge in [0.25, 0.3) is 0 Å². The van der Waals surface area contributed by atoms with E-state index in [1.54, 1.807) is 6.07 Å². The van der Waals surface area contributed by atoms with Gasteiger partial charge in [0.05, 0.1) is 11.1 Å². The highest BCUT2D eigenvalue weighted by atomic mass is 35.5. The fourth-order valence-corrected chi connectivity index (χ4v) is 4.07. The number of amides is 1. The number of hydrogen-bond acceptors (Lipinski definition) is 3. The molecule has 1 amide bonds. The molecule has 0 aromatic heterocycles. The molecule has 4 nitrogen and oxygen atoms in total. The number of halogens is 2. The summed E-state index contributed by atoms with van der Waals surface area (Å²) in [6.07, 6.45) is 2.62. The zero-order chi connectivity index (χ0) is 17.3. The maximum Gasteiger partial charge on any atom is 0.223 e. The second kappa shape index (κ2) is 7.38. The third-order valence-corrected chi connectivity index (χ3v) is 5.56. The quantitative estimate of drug-likeness (QED) is 0.878. The molecule has 2 heterocycles. The molecule has 3 rings (SSSR count). The van der Waals surface area contributed by atoms with E-state index < -0.39 is 5.82 Å². The van der Waals surface area contributed by atoms with Crippen molar-refractivity contribution < 1.29 is 9.18 Å². The van der Waals surface area contributed by atoms with Crippen molar-refractivity contribution in [3.05, 3.63) is 34.6 Å². The summed E-state index contributed by atoms with van der Waals surface area (Å²) in [4.78, 5) is 14.8. The number of nitrogens with one attached hydrogen (secondary N) is 2. The Labute approximate surface area is 147 Å². The first kappa shape index (κ1) is 17.6. The molecule has 0 spiro atoms. The van der Waals surface area contributed by atoms with Crippen molar-refractivity contribution in [3.63, 3.8) is 0 Å². The predicted octanol–water partition coefficient (Wildman–Crippen LogP) is 2.73. The third-order valence-electron chi connectivity index (χ3n) is 5.26. The predicted molar refractivity (Wildman–Crippen MR) is 93.5 cm³/mol. The van der Waals surface area contributed by atoms with E-state index in [9.17, 15) is 9.18 Å². The summed E-state index contributed by atoms with van der Waals surface area (Å²) in [7, 11) is 2.01. The van der Waals surface area contributed by atoms with Crippen LogP contribution < -0.4 is 10.6 Å². The number of hydrogen-bond donors (Lipinski definition) is 2. The molecule has 2 fully saturated rings. The lowest BCUT2D eigenvalue weighted by atomic mass is 9.91. The Morgan fingerprint density at radius 2 is 2.21 bits per heavy atom. The van der Waals surface area contributed by atoms with E-state index in [2.05, 4.69) is 22.5 Å². The van der Waals surface area contributed by atoms with Gasteiger partial charge in [0.1, 0.15) is 5.82 Å². The summed E-state index contributed by atoms with van der Waals surface area (Å²) < 4.78 is 13.8. The number of carbonyl (C=O) groups excluding carboxylic acids is 1. The van der Waals surface area contributed by atoms with Crippen molar-refractivity contribution in [2.75, 3.05) is 20.1 Å². The molecular formula is C18H25ClFN3O. The maximum absolute atomic E-state index is 13.8. The van der Waals surface area contributed by atoms with E-state index in [0.717, 1.165) is 37.9 Å². The highest BCUT2D eigenvalue weighted by Crippen LogP contribution is 2.33. The fraction of sp³-hybridized carbons (Fsp3) is 0.611. The van der Waals surface area contributed by atoms with E-state index in [0.29, 0.717) is 6.04 Å². The first-order chi connectivity index (χ1) is 11.5. The second-order valence-corrected chi connectivity index (χ2v) is 7.49. The summed E-state index contributed by atoms with van der Waals surface area (Å²) in [5.41, 5.74) is 0.862. The van der Waals surface area contributed by atoms with Crippen LogP contribution in [0.4, 0.5) is 4.39 Å². The Hall–Kier alpha value is -1.17. The zero-order valence-corrected chi connectivity index (χ0v) is 14.9. The zero-order valence-electron chi connectivity index (χ0n) is 14.2. The molecule has 1 aromatic rings. The van der Waals surface area contributed by atoms with Gasteiger partial charge in [-0.25, -0.2) is 4.39 Å². The summed E-state index contributed by atoms with van der Waals surface area (Å²) >= 11 is 5.80. The minimum absolute atomic E-state index is 0.00765. The van der Waals surface area contributed by atoms with Crippen LogP contribution in [0.2, 0.25) is 5.02 Å². The lowest BCUT2D eigenvalue weighted by Gasteiger charge is -2.30. The van der Waals surface area contributed by atoms with E-state index in [4.69, 9.17) is 11.6 Å². The van der Waals surface area contributed by atoms with Crippen LogP contribution in [0, 0.1) is 11.7 Å². The van der Waals surface area contributed by atoms with Crippen molar-refractivity contribution in [2.45, 2.75) is 44.3 Å². The van der Waals surface area contributed by atoms with Crippen molar-refractivity contribution in [3.8, 4) is 0 Å². The average Bonchev–Trinajstić information content (AvgIpc) is 2.90. The summed E-state index contributed by atoms with van der Waals surface area (Å²) in [6, 6.07) is 5.30. The number of piperidine rings is 1.